The maximum Gasteiger partial charge on any atom is 0.194 e. The second-order valence-corrected chi connectivity index (χ2v) is 5.08. The van der Waals surface area contributed by atoms with E-state index in [2.05, 4.69) is 20.9 Å². The van der Waals surface area contributed by atoms with E-state index in [1.54, 1.807) is 6.07 Å². The molecule has 3 aromatic rings. The largest absolute Gasteiger partial charge is 0.355 e. The van der Waals surface area contributed by atoms with E-state index in [4.69, 9.17) is 0 Å². The van der Waals surface area contributed by atoms with Gasteiger partial charge >= 0.3 is 0 Å². The van der Waals surface area contributed by atoms with Gasteiger partial charge in [0.05, 0.1) is 0 Å². The summed E-state index contributed by atoms with van der Waals surface area (Å²) in [6, 6.07) is 9.28. The van der Waals surface area contributed by atoms with Crippen molar-refractivity contribution in [1.29, 1.82) is 0 Å². The van der Waals surface area contributed by atoms with Crippen LogP contribution in [0.5, 0.6) is 0 Å². The summed E-state index contributed by atoms with van der Waals surface area (Å²) in [4.78, 5) is 3.04. The van der Waals surface area contributed by atoms with Gasteiger partial charge in [-0.3, -0.25) is 0 Å². The third kappa shape index (κ3) is 2.14. The molecule has 0 unspecified atom stereocenters. The Morgan fingerprint density at radius 3 is 2.26 bits per heavy atom. The molecule has 19 heavy (non-hydrogen) atoms. The fraction of sp³-hybridized carbons (Fsp3) is 0. The van der Waals surface area contributed by atoms with Crippen molar-refractivity contribution < 1.29 is 13.2 Å². The molecule has 1 N–H and O–H groups in total. The predicted octanol–water partition coefficient (Wildman–Crippen LogP) is 5.01. The highest BCUT2D eigenvalue weighted by Gasteiger charge is 2.13. The van der Waals surface area contributed by atoms with Gasteiger partial charge in [0.2, 0.25) is 0 Å². The quantitative estimate of drug-likeness (QED) is 0.605. The number of H-pyrrole nitrogens is 1. The van der Waals surface area contributed by atoms with Crippen LogP contribution < -0.4 is 0 Å². The first-order valence-corrected chi connectivity index (χ1v) is 6.27. The Morgan fingerprint density at radius 1 is 0.895 bits per heavy atom. The second-order valence-electron chi connectivity index (χ2n) is 4.17. The average Bonchev–Trinajstić information content (AvgIpc) is 2.78. The van der Waals surface area contributed by atoms with E-state index in [0.29, 0.717) is 5.69 Å². The van der Waals surface area contributed by atoms with Crippen molar-refractivity contribution in [2.45, 2.75) is 0 Å². The van der Waals surface area contributed by atoms with Gasteiger partial charge in [-0.15, -0.1) is 0 Å². The lowest BCUT2D eigenvalue weighted by Gasteiger charge is -2.00. The molecule has 0 aliphatic carbocycles. The van der Waals surface area contributed by atoms with E-state index in [0.717, 1.165) is 27.5 Å². The topological polar surface area (TPSA) is 15.8 Å². The van der Waals surface area contributed by atoms with Crippen molar-refractivity contribution in [3.8, 4) is 11.3 Å². The number of fused-ring (bicyclic) bond motifs is 1. The second kappa shape index (κ2) is 4.42. The molecule has 0 aliphatic heterocycles. The van der Waals surface area contributed by atoms with Gasteiger partial charge in [-0.05, 0) is 36.4 Å². The lowest BCUT2D eigenvalue weighted by atomic mass is 10.1. The standard InChI is InChI=1S/C14H7BrF3N/c15-9-1-2-12-7(3-9)6-13(19-12)8-4-10(16)14(18)11(17)5-8/h1-6,19H. The molecule has 0 saturated heterocycles. The number of halogens is 4. The lowest BCUT2D eigenvalue weighted by Crippen LogP contribution is -1.91. The zero-order valence-electron chi connectivity index (χ0n) is 9.48. The number of hydrogen-bond donors (Lipinski definition) is 1. The molecule has 0 atom stereocenters. The highest BCUT2D eigenvalue weighted by atomic mass is 79.9. The summed E-state index contributed by atoms with van der Waals surface area (Å²) < 4.78 is 40.2. The molecule has 0 amide bonds. The first-order valence-electron chi connectivity index (χ1n) is 5.48. The van der Waals surface area contributed by atoms with Gasteiger partial charge in [-0.1, -0.05) is 15.9 Å². The van der Waals surface area contributed by atoms with Crippen LogP contribution in [0.4, 0.5) is 13.2 Å². The van der Waals surface area contributed by atoms with Crippen LogP contribution in [0, 0.1) is 17.5 Å². The van der Waals surface area contributed by atoms with E-state index in [9.17, 15) is 13.2 Å². The van der Waals surface area contributed by atoms with Crippen molar-refractivity contribution in [3.63, 3.8) is 0 Å². The molecule has 0 radical (unpaired) electrons. The molecule has 5 heteroatoms. The van der Waals surface area contributed by atoms with Crippen LogP contribution in [-0.2, 0) is 0 Å². The van der Waals surface area contributed by atoms with Gasteiger partial charge in [0.1, 0.15) is 0 Å². The summed E-state index contributed by atoms with van der Waals surface area (Å²) in [5, 5.41) is 0.898. The Bertz CT molecular complexity index is 756. The van der Waals surface area contributed by atoms with Crippen LogP contribution in [0.1, 0.15) is 0 Å². The van der Waals surface area contributed by atoms with Crippen LogP contribution in [0.3, 0.4) is 0 Å². The summed E-state index contributed by atoms with van der Waals surface area (Å²) in [7, 11) is 0. The van der Waals surface area contributed by atoms with Gasteiger partial charge in [0.15, 0.2) is 17.5 Å². The van der Waals surface area contributed by atoms with E-state index in [-0.39, 0.29) is 5.56 Å². The van der Waals surface area contributed by atoms with Crippen molar-refractivity contribution in [2.75, 3.05) is 0 Å². The molecule has 1 nitrogen and oxygen atoms in total. The summed E-state index contributed by atoms with van der Waals surface area (Å²) in [5.74, 6) is -3.85. The molecule has 0 spiro atoms. The highest BCUT2D eigenvalue weighted by molar-refractivity contribution is 9.10. The monoisotopic (exact) mass is 325 g/mol. The van der Waals surface area contributed by atoms with Crippen molar-refractivity contribution in [3.05, 3.63) is 58.3 Å². The molecule has 0 bridgehead atoms. The smallest absolute Gasteiger partial charge is 0.194 e. The normalized spacial score (nSPS) is 11.2. The van der Waals surface area contributed by atoms with E-state index >= 15 is 0 Å². The Kier molecular flexibility index (Phi) is 2.86. The maximum atomic E-state index is 13.2. The molecule has 1 aromatic heterocycles. The van der Waals surface area contributed by atoms with E-state index in [1.807, 2.05) is 18.2 Å². The van der Waals surface area contributed by atoms with Gasteiger partial charge in [0.25, 0.3) is 0 Å². The molecule has 3 rings (SSSR count). The summed E-state index contributed by atoms with van der Waals surface area (Å²) in [6.07, 6.45) is 0. The number of aromatic amines is 1. The molecular formula is C14H7BrF3N. The third-order valence-corrected chi connectivity index (χ3v) is 3.37. The van der Waals surface area contributed by atoms with Gasteiger partial charge in [-0.25, -0.2) is 13.2 Å². The first kappa shape index (κ1) is 12.3. The van der Waals surface area contributed by atoms with Crippen molar-refractivity contribution >= 4 is 26.8 Å². The summed E-state index contributed by atoms with van der Waals surface area (Å²) in [5.41, 5.74) is 1.64. The molecular weight excluding hydrogens is 319 g/mol. The molecule has 2 aromatic carbocycles. The minimum atomic E-state index is -1.46. The Labute approximate surface area is 115 Å². The molecule has 0 saturated carbocycles. The fourth-order valence-corrected chi connectivity index (χ4v) is 2.35. The molecule has 0 aliphatic rings. The minimum absolute atomic E-state index is 0.267. The summed E-state index contributed by atoms with van der Waals surface area (Å²) >= 11 is 3.35. The Hall–Kier alpha value is -1.75. The average molecular weight is 326 g/mol. The molecule has 1 heterocycles. The van der Waals surface area contributed by atoms with E-state index < -0.39 is 17.5 Å². The Balaban J connectivity index is 2.19. The van der Waals surface area contributed by atoms with Crippen LogP contribution in [-0.4, -0.2) is 4.98 Å². The minimum Gasteiger partial charge on any atom is -0.355 e. The summed E-state index contributed by atoms with van der Waals surface area (Å²) in [6.45, 7) is 0. The van der Waals surface area contributed by atoms with Gasteiger partial charge < -0.3 is 4.98 Å². The third-order valence-electron chi connectivity index (χ3n) is 2.88. The van der Waals surface area contributed by atoms with Gasteiger partial charge in [0, 0.05) is 26.6 Å². The number of aromatic nitrogens is 1. The number of hydrogen-bond acceptors (Lipinski definition) is 0. The van der Waals surface area contributed by atoms with E-state index in [1.165, 1.54) is 0 Å². The van der Waals surface area contributed by atoms with Crippen LogP contribution in [0.15, 0.2) is 40.9 Å². The highest BCUT2D eigenvalue weighted by Crippen LogP contribution is 2.28. The number of rotatable bonds is 1. The van der Waals surface area contributed by atoms with Gasteiger partial charge in [-0.2, -0.15) is 0 Å². The number of nitrogens with one attached hydrogen (secondary N) is 1. The van der Waals surface area contributed by atoms with Crippen molar-refractivity contribution in [2.24, 2.45) is 0 Å². The number of benzene rings is 2. The molecule has 96 valence electrons. The fourth-order valence-electron chi connectivity index (χ4n) is 1.97. The van der Waals surface area contributed by atoms with Crippen LogP contribution in [0.25, 0.3) is 22.2 Å². The van der Waals surface area contributed by atoms with Crippen molar-refractivity contribution in [1.82, 2.24) is 4.98 Å². The zero-order valence-corrected chi connectivity index (χ0v) is 11.1. The maximum absolute atomic E-state index is 13.2. The van der Waals surface area contributed by atoms with Crippen LogP contribution in [0.2, 0.25) is 0 Å². The van der Waals surface area contributed by atoms with Crippen LogP contribution >= 0.6 is 15.9 Å². The zero-order chi connectivity index (χ0) is 13.6. The first-order chi connectivity index (χ1) is 9.04. The molecule has 0 fully saturated rings. The predicted molar refractivity (Wildman–Crippen MR) is 71.3 cm³/mol. The SMILES string of the molecule is Fc1cc(-c2cc3cc(Br)ccc3[nH]2)cc(F)c1F. The Morgan fingerprint density at radius 2 is 1.58 bits per heavy atom. The lowest BCUT2D eigenvalue weighted by molar-refractivity contribution is 0.447.